The number of aryl methyl sites for hydroxylation is 1. The van der Waals surface area contributed by atoms with E-state index in [-0.39, 0.29) is 5.91 Å². The van der Waals surface area contributed by atoms with E-state index in [0.29, 0.717) is 4.88 Å². The zero-order valence-electron chi connectivity index (χ0n) is 11.4. The van der Waals surface area contributed by atoms with E-state index in [9.17, 15) is 4.79 Å². The molecule has 2 aromatic heterocycles. The summed E-state index contributed by atoms with van der Waals surface area (Å²) in [5.41, 5.74) is 4.37. The number of nitrogens with zero attached hydrogens (tertiary/aromatic N) is 2. The number of thiophene rings is 1. The topological polar surface area (TPSA) is 54.4 Å². The Labute approximate surface area is 126 Å². The first-order chi connectivity index (χ1) is 10.2. The summed E-state index contributed by atoms with van der Waals surface area (Å²) < 4.78 is 0. The van der Waals surface area contributed by atoms with Crippen molar-refractivity contribution in [3.05, 3.63) is 64.0 Å². The molecular weight excluding hydrogens is 282 g/mol. The van der Waals surface area contributed by atoms with Gasteiger partial charge in [0.25, 0.3) is 5.91 Å². The van der Waals surface area contributed by atoms with E-state index < -0.39 is 0 Å². The van der Waals surface area contributed by atoms with Crippen molar-refractivity contribution < 1.29 is 4.79 Å². The molecule has 2 heterocycles. The predicted octanol–water partition coefficient (Wildman–Crippen LogP) is 3.37. The number of para-hydroxylation sites is 1. The minimum absolute atomic E-state index is 0.192. The van der Waals surface area contributed by atoms with Crippen molar-refractivity contribution in [3.63, 3.8) is 0 Å². The van der Waals surface area contributed by atoms with Gasteiger partial charge in [-0.2, -0.15) is 5.10 Å². The number of fused-ring (bicyclic) bond motifs is 1. The Morgan fingerprint density at radius 1 is 1.24 bits per heavy atom. The Kier molecular flexibility index (Phi) is 3.75. The average molecular weight is 295 g/mol. The third kappa shape index (κ3) is 2.98. The molecule has 0 aliphatic heterocycles. The molecule has 1 amide bonds. The lowest BCUT2D eigenvalue weighted by atomic mass is 10.1. The van der Waals surface area contributed by atoms with Crippen molar-refractivity contribution >= 4 is 34.4 Å². The van der Waals surface area contributed by atoms with Crippen LogP contribution in [0.3, 0.4) is 0 Å². The van der Waals surface area contributed by atoms with Crippen LogP contribution in [-0.4, -0.2) is 17.1 Å². The fourth-order valence-electron chi connectivity index (χ4n) is 2.00. The lowest BCUT2D eigenvalue weighted by molar-refractivity contribution is 0.0959. The summed E-state index contributed by atoms with van der Waals surface area (Å²) in [4.78, 5) is 17.9. The first-order valence-electron chi connectivity index (χ1n) is 6.47. The second-order valence-corrected chi connectivity index (χ2v) is 5.81. The number of nitrogens with one attached hydrogen (secondary N) is 1. The van der Waals surface area contributed by atoms with Crippen LogP contribution in [0.1, 0.15) is 20.1 Å². The summed E-state index contributed by atoms with van der Waals surface area (Å²) in [6.07, 6.45) is 3.37. The first kappa shape index (κ1) is 13.5. The van der Waals surface area contributed by atoms with Crippen LogP contribution in [0.15, 0.2) is 53.8 Å². The molecule has 0 saturated heterocycles. The van der Waals surface area contributed by atoms with Crippen LogP contribution in [0.4, 0.5) is 0 Å². The summed E-state index contributed by atoms with van der Waals surface area (Å²) >= 11 is 1.45. The number of carbonyl (C=O) groups excluding carboxylic acids is 1. The molecule has 0 saturated carbocycles. The van der Waals surface area contributed by atoms with Crippen LogP contribution in [-0.2, 0) is 0 Å². The number of benzene rings is 1. The molecule has 0 unspecified atom stereocenters. The normalized spacial score (nSPS) is 11.1. The van der Waals surface area contributed by atoms with Crippen LogP contribution < -0.4 is 5.43 Å². The Morgan fingerprint density at radius 3 is 2.90 bits per heavy atom. The molecule has 104 valence electrons. The molecule has 1 N–H and O–H groups in total. The lowest BCUT2D eigenvalue weighted by Crippen LogP contribution is -2.16. The van der Waals surface area contributed by atoms with Gasteiger partial charge in [0.2, 0.25) is 0 Å². The number of rotatable bonds is 3. The zero-order chi connectivity index (χ0) is 14.7. The van der Waals surface area contributed by atoms with E-state index in [1.165, 1.54) is 11.3 Å². The highest BCUT2D eigenvalue weighted by Gasteiger charge is 2.06. The minimum Gasteiger partial charge on any atom is -0.266 e. The van der Waals surface area contributed by atoms with Crippen LogP contribution in [0.2, 0.25) is 0 Å². The van der Waals surface area contributed by atoms with E-state index in [4.69, 9.17) is 0 Å². The zero-order valence-corrected chi connectivity index (χ0v) is 12.2. The van der Waals surface area contributed by atoms with Gasteiger partial charge in [-0.15, -0.1) is 11.3 Å². The highest BCUT2D eigenvalue weighted by atomic mass is 32.1. The summed E-state index contributed by atoms with van der Waals surface area (Å²) in [7, 11) is 0. The molecule has 0 radical (unpaired) electrons. The van der Waals surface area contributed by atoms with Crippen molar-refractivity contribution in [1.29, 1.82) is 0 Å². The maximum absolute atomic E-state index is 11.9. The van der Waals surface area contributed by atoms with E-state index in [0.717, 1.165) is 21.3 Å². The Morgan fingerprint density at radius 2 is 2.10 bits per heavy atom. The third-order valence-corrected chi connectivity index (χ3v) is 4.02. The number of hydrazone groups is 1. The van der Waals surface area contributed by atoms with Gasteiger partial charge < -0.3 is 0 Å². The number of aromatic nitrogens is 1. The number of hydrogen-bond donors (Lipinski definition) is 1. The second kappa shape index (κ2) is 5.85. The van der Waals surface area contributed by atoms with Crippen LogP contribution in [0, 0.1) is 6.92 Å². The minimum atomic E-state index is -0.192. The van der Waals surface area contributed by atoms with E-state index in [1.807, 2.05) is 43.3 Å². The largest absolute Gasteiger partial charge is 0.281 e. The second-order valence-electron chi connectivity index (χ2n) is 4.53. The van der Waals surface area contributed by atoms with Gasteiger partial charge in [-0.1, -0.05) is 18.2 Å². The van der Waals surface area contributed by atoms with Crippen molar-refractivity contribution in [1.82, 2.24) is 10.4 Å². The Hall–Kier alpha value is -2.53. The van der Waals surface area contributed by atoms with Gasteiger partial charge in [-0.05, 0) is 31.2 Å². The van der Waals surface area contributed by atoms with E-state index >= 15 is 0 Å². The maximum Gasteiger partial charge on any atom is 0.281 e. The van der Waals surface area contributed by atoms with Crippen LogP contribution in [0.5, 0.6) is 0 Å². The highest BCUT2D eigenvalue weighted by molar-refractivity contribution is 7.13. The summed E-state index contributed by atoms with van der Waals surface area (Å²) in [6.45, 7) is 1.97. The molecule has 0 atom stereocenters. The monoisotopic (exact) mass is 295 g/mol. The van der Waals surface area contributed by atoms with Crippen molar-refractivity contribution in [2.75, 3.05) is 0 Å². The molecule has 5 heteroatoms. The van der Waals surface area contributed by atoms with Crippen LogP contribution >= 0.6 is 11.3 Å². The molecule has 3 aromatic rings. The lowest BCUT2D eigenvalue weighted by Gasteiger charge is -2.00. The third-order valence-electron chi connectivity index (χ3n) is 3.02. The van der Waals surface area contributed by atoms with Gasteiger partial charge in [0, 0.05) is 22.0 Å². The smallest absolute Gasteiger partial charge is 0.266 e. The van der Waals surface area contributed by atoms with Crippen LogP contribution in [0.25, 0.3) is 10.9 Å². The fourth-order valence-corrected chi connectivity index (χ4v) is 2.76. The Bertz CT molecular complexity index is 818. The van der Waals surface area contributed by atoms with Gasteiger partial charge in [0.1, 0.15) is 0 Å². The van der Waals surface area contributed by atoms with Gasteiger partial charge in [-0.25, -0.2) is 5.43 Å². The highest BCUT2D eigenvalue weighted by Crippen LogP contribution is 2.15. The van der Waals surface area contributed by atoms with Gasteiger partial charge in [0.05, 0.1) is 16.6 Å². The van der Waals surface area contributed by atoms with Crippen molar-refractivity contribution in [2.45, 2.75) is 6.92 Å². The molecule has 0 aliphatic rings. The SMILES string of the molecule is Cc1ccc(C(=O)N/N=C/c2ccnc3ccccc23)s1. The van der Waals surface area contributed by atoms with E-state index in [2.05, 4.69) is 15.5 Å². The number of pyridine rings is 1. The molecule has 1 aromatic carbocycles. The molecule has 0 bridgehead atoms. The maximum atomic E-state index is 11.9. The van der Waals surface area contributed by atoms with Crippen molar-refractivity contribution in [3.8, 4) is 0 Å². The van der Waals surface area contributed by atoms with Gasteiger partial charge in [0.15, 0.2) is 0 Å². The molecule has 3 rings (SSSR count). The number of carbonyl (C=O) groups is 1. The molecule has 21 heavy (non-hydrogen) atoms. The van der Waals surface area contributed by atoms with Gasteiger partial charge >= 0.3 is 0 Å². The summed E-state index contributed by atoms with van der Waals surface area (Å²) in [6, 6.07) is 13.4. The molecule has 4 nitrogen and oxygen atoms in total. The fraction of sp³-hybridized carbons (Fsp3) is 0.0625. The molecule has 0 aliphatic carbocycles. The molecule has 0 spiro atoms. The molecule has 0 fully saturated rings. The quantitative estimate of drug-likeness (QED) is 0.595. The van der Waals surface area contributed by atoms with Gasteiger partial charge in [-0.3, -0.25) is 9.78 Å². The number of hydrogen-bond acceptors (Lipinski definition) is 4. The summed E-state index contributed by atoms with van der Waals surface area (Å²) in [5, 5.41) is 5.04. The average Bonchev–Trinajstić information content (AvgIpc) is 2.94. The first-order valence-corrected chi connectivity index (χ1v) is 7.29. The number of amides is 1. The Balaban J connectivity index is 1.78. The van der Waals surface area contributed by atoms with Crippen molar-refractivity contribution in [2.24, 2.45) is 5.10 Å². The standard InChI is InChI=1S/C16H13N3OS/c1-11-6-7-15(21-11)16(20)19-18-10-12-8-9-17-14-5-3-2-4-13(12)14/h2-10H,1H3,(H,19,20)/b18-10+. The molecular formula is C16H13N3OS. The predicted molar refractivity (Wildman–Crippen MR) is 85.9 cm³/mol. The van der Waals surface area contributed by atoms with E-state index in [1.54, 1.807) is 18.5 Å². The summed E-state index contributed by atoms with van der Waals surface area (Å²) in [5.74, 6) is -0.192.